The number of rotatable bonds is 11. The zero-order valence-electron chi connectivity index (χ0n) is 19.2. The van der Waals surface area contributed by atoms with Crippen molar-refractivity contribution in [1.82, 2.24) is 10.2 Å². The highest BCUT2D eigenvalue weighted by molar-refractivity contribution is 6.35. The van der Waals surface area contributed by atoms with Gasteiger partial charge in [-0.1, -0.05) is 53.9 Å². The van der Waals surface area contributed by atoms with Crippen LogP contribution in [0.25, 0.3) is 0 Å². The molecule has 0 aliphatic heterocycles. The van der Waals surface area contributed by atoms with Gasteiger partial charge in [0.2, 0.25) is 11.8 Å². The van der Waals surface area contributed by atoms with Crippen LogP contribution in [0.1, 0.15) is 51.2 Å². The van der Waals surface area contributed by atoms with Crippen LogP contribution >= 0.6 is 23.2 Å². The molecule has 7 heteroatoms. The lowest BCUT2D eigenvalue weighted by Crippen LogP contribution is -2.50. The molecule has 2 aromatic carbocycles. The van der Waals surface area contributed by atoms with E-state index in [2.05, 4.69) is 5.32 Å². The third-order valence-electron chi connectivity index (χ3n) is 5.00. The van der Waals surface area contributed by atoms with Crippen LogP contribution in [0.2, 0.25) is 10.0 Å². The molecule has 0 fully saturated rings. The Kier molecular flexibility index (Phi) is 10.3. The maximum absolute atomic E-state index is 13.2. The number of benzene rings is 2. The van der Waals surface area contributed by atoms with Crippen LogP contribution in [0, 0.1) is 6.92 Å². The van der Waals surface area contributed by atoms with E-state index in [-0.39, 0.29) is 30.8 Å². The number of halogens is 2. The minimum Gasteiger partial charge on any atom is -0.494 e. The van der Waals surface area contributed by atoms with Crippen molar-refractivity contribution in [3.05, 3.63) is 63.6 Å². The molecule has 1 atom stereocenters. The van der Waals surface area contributed by atoms with Crippen molar-refractivity contribution in [2.75, 3.05) is 6.61 Å². The Labute approximate surface area is 201 Å². The fourth-order valence-corrected chi connectivity index (χ4v) is 3.79. The molecule has 0 saturated carbocycles. The molecule has 1 N–H and O–H groups in total. The van der Waals surface area contributed by atoms with Gasteiger partial charge in [-0.05, 0) is 63.4 Å². The predicted octanol–water partition coefficient (Wildman–Crippen LogP) is 5.79. The summed E-state index contributed by atoms with van der Waals surface area (Å²) in [7, 11) is 0. The fraction of sp³-hybridized carbons (Fsp3) is 0.440. The summed E-state index contributed by atoms with van der Waals surface area (Å²) < 4.78 is 5.74. The molecule has 0 aromatic heterocycles. The highest BCUT2D eigenvalue weighted by atomic mass is 35.5. The van der Waals surface area contributed by atoms with Crippen LogP contribution in [0.3, 0.4) is 0 Å². The molecular formula is C25H32Cl2N2O3. The summed E-state index contributed by atoms with van der Waals surface area (Å²) >= 11 is 12.4. The lowest BCUT2D eigenvalue weighted by molar-refractivity contribution is -0.141. The zero-order chi connectivity index (χ0) is 23.7. The second-order valence-electron chi connectivity index (χ2n) is 8.11. The molecule has 0 bridgehead atoms. The molecule has 32 heavy (non-hydrogen) atoms. The average molecular weight is 479 g/mol. The van der Waals surface area contributed by atoms with E-state index in [4.69, 9.17) is 27.9 Å². The number of carbonyl (C=O) groups excluding carboxylic acids is 2. The molecule has 0 spiro atoms. The van der Waals surface area contributed by atoms with E-state index in [1.54, 1.807) is 23.1 Å². The van der Waals surface area contributed by atoms with Gasteiger partial charge in [0.25, 0.3) is 0 Å². The first-order chi connectivity index (χ1) is 15.2. The van der Waals surface area contributed by atoms with E-state index in [1.807, 2.05) is 52.0 Å². The number of ether oxygens (including phenoxy) is 1. The van der Waals surface area contributed by atoms with Crippen LogP contribution in [0.5, 0.6) is 5.75 Å². The standard InChI is InChI=1S/C25H32Cl2N2O3/c1-5-23(25(31)28-17(2)3)29(16-19-10-11-20(26)15-22(19)27)24(30)7-6-14-32-21-12-8-18(4)9-13-21/h8-13,15,17,23H,5-7,14,16H2,1-4H3,(H,28,31). The minimum atomic E-state index is -0.588. The average Bonchev–Trinajstić information content (AvgIpc) is 2.73. The molecule has 174 valence electrons. The van der Waals surface area contributed by atoms with Crippen LogP contribution in [-0.4, -0.2) is 35.4 Å². The van der Waals surface area contributed by atoms with E-state index >= 15 is 0 Å². The molecule has 5 nitrogen and oxygen atoms in total. The van der Waals surface area contributed by atoms with Crippen molar-refractivity contribution in [3.8, 4) is 5.75 Å². The summed E-state index contributed by atoms with van der Waals surface area (Å²) in [4.78, 5) is 27.6. The molecule has 2 aromatic rings. The molecule has 2 rings (SSSR count). The number of hydrogen-bond acceptors (Lipinski definition) is 3. The highest BCUT2D eigenvalue weighted by Gasteiger charge is 2.29. The number of aryl methyl sites for hydroxylation is 1. The van der Waals surface area contributed by atoms with Crippen molar-refractivity contribution in [2.24, 2.45) is 0 Å². The summed E-state index contributed by atoms with van der Waals surface area (Å²) in [6.45, 7) is 8.36. The van der Waals surface area contributed by atoms with Gasteiger partial charge in [-0.25, -0.2) is 0 Å². The van der Waals surface area contributed by atoms with Gasteiger partial charge >= 0.3 is 0 Å². The first-order valence-electron chi connectivity index (χ1n) is 10.9. The number of carbonyl (C=O) groups is 2. The van der Waals surface area contributed by atoms with Crippen molar-refractivity contribution < 1.29 is 14.3 Å². The van der Waals surface area contributed by atoms with Gasteiger partial charge in [-0.2, -0.15) is 0 Å². The SMILES string of the molecule is CCC(C(=O)NC(C)C)N(Cc1ccc(Cl)cc1Cl)C(=O)CCCOc1ccc(C)cc1. The summed E-state index contributed by atoms with van der Waals surface area (Å²) in [5.74, 6) is 0.488. The van der Waals surface area contributed by atoms with Gasteiger partial charge in [-0.15, -0.1) is 0 Å². The molecule has 0 aliphatic rings. The van der Waals surface area contributed by atoms with Crippen molar-refractivity contribution in [3.63, 3.8) is 0 Å². The Balaban J connectivity index is 2.09. The molecular weight excluding hydrogens is 447 g/mol. The fourth-order valence-electron chi connectivity index (χ4n) is 3.33. The van der Waals surface area contributed by atoms with Gasteiger partial charge in [0, 0.05) is 29.1 Å². The molecule has 2 amide bonds. The molecule has 0 radical (unpaired) electrons. The van der Waals surface area contributed by atoms with Gasteiger partial charge in [0.15, 0.2) is 0 Å². The highest BCUT2D eigenvalue weighted by Crippen LogP contribution is 2.24. The van der Waals surface area contributed by atoms with Crippen molar-refractivity contribution >= 4 is 35.0 Å². The predicted molar refractivity (Wildman–Crippen MR) is 130 cm³/mol. The Morgan fingerprint density at radius 3 is 2.38 bits per heavy atom. The van der Waals surface area contributed by atoms with Crippen LogP contribution in [0.15, 0.2) is 42.5 Å². The van der Waals surface area contributed by atoms with E-state index in [1.165, 1.54) is 0 Å². The summed E-state index contributed by atoms with van der Waals surface area (Å²) in [5, 5.41) is 3.91. The maximum atomic E-state index is 13.2. The topological polar surface area (TPSA) is 58.6 Å². The van der Waals surface area contributed by atoms with E-state index in [0.717, 1.165) is 16.9 Å². The van der Waals surface area contributed by atoms with Gasteiger partial charge in [0.05, 0.1) is 6.61 Å². The third-order valence-corrected chi connectivity index (χ3v) is 5.58. The van der Waals surface area contributed by atoms with E-state index < -0.39 is 6.04 Å². The summed E-state index contributed by atoms with van der Waals surface area (Å²) in [5.41, 5.74) is 1.91. The first kappa shape index (κ1) is 26.0. The first-order valence-corrected chi connectivity index (χ1v) is 11.7. The number of nitrogens with one attached hydrogen (secondary N) is 1. The minimum absolute atomic E-state index is 0.0180. The van der Waals surface area contributed by atoms with Crippen molar-refractivity contribution in [2.45, 2.75) is 65.6 Å². The smallest absolute Gasteiger partial charge is 0.243 e. The monoisotopic (exact) mass is 478 g/mol. The van der Waals surface area contributed by atoms with Gasteiger partial charge in [0.1, 0.15) is 11.8 Å². The number of amides is 2. The van der Waals surface area contributed by atoms with Crippen LogP contribution in [-0.2, 0) is 16.1 Å². The quantitative estimate of drug-likeness (QED) is 0.415. The van der Waals surface area contributed by atoms with Gasteiger partial charge in [-0.3, -0.25) is 9.59 Å². The molecule has 0 saturated heterocycles. The Morgan fingerprint density at radius 2 is 1.78 bits per heavy atom. The zero-order valence-corrected chi connectivity index (χ0v) is 20.7. The Bertz CT molecular complexity index is 901. The molecule has 1 unspecified atom stereocenters. The second-order valence-corrected chi connectivity index (χ2v) is 8.95. The Hall–Kier alpha value is -2.24. The molecule has 0 heterocycles. The van der Waals surface area contributed by atoms with Crippen LogP contribution in [0.4, 0.5) is 0 Å². The normalized spacial score (nSPS) is 11.8. The second kappa shape index (κ2) is 12.7. The van der Waals surface area contributed by atoms with Crippen molar-refractivity contribution in [1.29, 1.82) is 0 Å². The maximum Gasteiger partial charge on any atom is 0.243 e. The summed E-state index contributed by atoms with van der Waals surface area (Å²) in [6.07, 6.45) is 1.30. The van der Waals surface area contributed by atoms with E-state index in [9.17, 15) is 9.59 Å². The largest absolute Gasteiger partial charge is 0.494 e. The number of nitrogens with zero attached hydrogens (tertiary/aromatic N) is 1. The molecule has 0 aliphatic carbocycles. The lowest BCUT2D eigenvalue weighted by atomic mass is 10.1. The van der Waals surface area contributed by atoms with E-state index in [0.29, 0.717) is 29.5 Å². The third kappa shape index (κ3) is 8.03. The summed E-state index contributed by atoms with van der Waals surface area (Å²) in [6, 6.07) is 12.4. The Morgan fingerprint density at radius 1 is 1.09 bits per heavy atom. The number of hydrogen-bond donors (Lipinski definition) is 1. The van der Waals surface area contributed by atoms with Gasteiger partial charge < -0.3 is 15.0 Å². The van der Waals surface area contributed by atoms with Crippen LogP contribution < -0.4 is 10.1 Å². The lowest BCUT2D eigenvalue weighted by Gasteiger charge is -2.31.